The molecule has 1 rings (SSSR count). The molecule has 0 aliphatic rings. The maximum atomic E-state index is 11.0. The second kappa shape index (κ2) is 6.93. The predicted molar refractivity (Wildman–Crippen MR) is 73.6 cm³/mol. The van der Waals surface area contributed by atoms with E-state index in [9.17, 15) is 10.1 Å². The number of nitro groups is 1. The summed E-state index contributed by atoms with van der Waals surface area (Å²) in [6, 6.07) is 1.26. The zero-order chi connectivity index (χ0) is 14.4. The Bertz CT molecular complexity index is 491. The molecule has 0 fully saturated rings. The molecular formula is C11H16N4O3S. The van der Waals surface area contributed by atoms with Crippen LogP contribution in [-0.4, -0.2) is 26.7 Å². The quantitative estimate of drug-likeness (QED) is 0.207. The molecule has 1 aromatic rings. The van der Waals surface area contributed by atoms with E-state index in [-0.39, 0.29) is 17.1 Å². The molecule has 0 amide bonds. The normalized spacial score (nSPS) is 11.8. The summed E-state index contributed by atoms with van der Waals surface area (Å²) in [4.78, 5) is 14.5. The molecule has 0 aliphatic heterocycles. The van der Waals surface area contributed by atoms with Crippen molar-refractivity contribution in [1.82, 2.24) is 4.98 Å². The Hall–Kier alpha value is -1.83. The number of pyridine rings is 1. The number of thioether (sulfide) groups is 1. The summed E-state index contributed by atoms with van der Waals surface area (Å²) in [7, 11) is 0. The number of hydrogen-bond acceptors (Lipinski definition) is 6. The van der Waals surface area contributed by atoms with E-state index < -0.39 is 4.92 Å². The molecule has 0 saturated heterocycles. The average molecular weight is 284 g/mol. The number of hydrogen-bond donors (Lipinski definition) is 2. The molecule has 0 aromatic carbocycles. The first-order valence-corrected chi connectivity index (χ1v) is 6.69. The van der Waals surface area contributed by atoms with Crippen LogP contribution in [0.1, 0.15) is 25.8 Å². The van der Waals surface area contributed by atoms with Crippen LogP contribution >= 0.6 is 11.8 Å². The topological polar surface area (TPSA) is 115 Å². The highest BCUT2D eigenvalue weighted by molar-refractivity contribution is 7.99. The summed E-state index contributed by atoms with van der Waals surface area (Å²) in [5.74, 6) is 1.09. The van der Waals surface area contributed by atoms with Gasteiger partial charge in [-0.05, 0) is 18.1 Å². The second-order valence-electron chi connectivity index (χ2n) is 4.32. The number of oxime groups is 1. The van der Waals surface area contributed by atoms with E-state index in [1.165, 1.54) is 24.0 Å². The van der Waals surface area contributed by atoms with Crippen molar-refractivity contribution >= 4 is 23.3 Å². The van der Waals surface area contributed by atoms with Crippen molar-refractivity contribution in [2.75, 3.05) is 5.75 Å². The summed E-state index contributed by atoms with van der Waals surface area (Å²) in [5, 5.41) is 22.7. The zero-order valence-electron chi connectivity index (χ0n) is 10.7. The fourth-order valence-corrected chi connectivity index (χ4v) is 2.46. The number of aromatic nitrogens is 1. The van der Waals surface area contributed by atoms with E-state index in [0.29, 0.717) is 10.9 Å². The number of nitrogens with zero attached hydrogens (tertiary/aromatic N) is 3. The molecular weight excluding hydrogens is 268 g/mol. The first-order valence-electron chi connectivity index (χ1n) is 5.70. The average Bonchev–Trinajstić information content (AvgIpc) is 2.37. The van der Waals surface area contributed by atoms with Crippen molar-refractivity contribution < 1.29 is 10.1 Å². The van der Waals surface area contributed by atoms with Gasteiger partial charge in [0.05, 0.1) is 4.92 Å². The lowest BCUT2D eigenvalue weighted by molar-refractivity contribution is -0.388. The van der Waals surface area contributed by atoms with Gasteiger partial charge in [0, 0.05) is 17.8 Å². The highest BCUT2D eigenvalue weighted by Gasteiger charge is 2.18. The van der Waals surface area contributed by atoms with Gasteiger partial charge >= 0.3 is 5.69 Å². The fraction of sp³-hybridized carbons (Fsp3) is 0.455. The minimum Gasteiger partial charge on any atom is -0.409 e. The summed E-state index contributed by atoms with van der Waals surface area (Å²) >= 11 is 1.34. The second-order valence-corrected chi connectivity index (χ2v) is 5.41. The monoisotopic (exact) mass is 284 g/mol. The van der Waals surface area contributed by atoms with Crippen LogP contribution < -0.4 is 5.73 Å². The summed E-state index contributed by atoms with van der Waals surface area (Å²) in [5.41, 5.74) is 5.48. The lowest BCUT2D eigenvalue weighted by Gasteiger charge is -2.05. The molecule has 0 saturated carbocycles. The van der Waals surface area contributed by atoms with Crippen molar-refractivity contribution in [3.8, 4) is 0 Å². The van der Waals surface area contributed by atoms with Gasteiger partial charge in [-0.2, -0.15) is 0 Å². The molecule has 0 unspecified atom stereocenters. The van der Waals surface area contributed by atoms with Crippen LogP contribution in [0.3, 0.4) is 0 Å². The van der Waals surface area contributed by atoms with Gasteiger partial charge < -0.3 is 10.9 Å². The van der Waals surface area contributed by atoms with Gasteiger partial charge in [-0.25, -0.2) is 4.98 Å². The van der Waals surface area contributed by atoms with Crippen LogP contribution in [0.4, 0.5) is 5.69 Å². The van der Waals surface area contributed by atoms with E-state index in [0.717, 1.165) is 12.2 Å². The highest BCUT2D eigenvalue weighted by atomic mass is 32.2. The summed E-state index contributed by atoms with van der Waals surface area (Å²) in [6.45, 7) is 4.17. The van der Waals surface area contributed by atoms with Gasteiger partial charge in [0.25, 0.3) is 0 Å². The lowest BCUT2D eigenvalue weighted by atomic mass is 10.2. The van der Waals surface area contributed by atoms with E-state index in [1.807, 2.05) is 0 Å². The van der Waals surface area contributed by atoms with Gasteiger partial charge in [-0.1, -0.05) is 30.8 Å². The standard InChI is InChI=1S/C11H16N4O3S/c1-7(2)3-4-19-11-9(15(17)18)5-8(6-13-11)10(12)14-16/h5-7,16H,3-4H2,1-2H3,(H2,12,14). The Morgan fingerprint density at radius 3 is 2.89 bits per heavy atom. The van der Waals surface area contributed by atoms with E-state index in [1.54, 1.807) is 0 Å². The molecule has 0 aliphatic carbocycles. The number of rotatable bonds is 6. The van der Waals surface area contributed by atoms with Crippen LogP contribution in [0, 0.1) is 16.0 Å². The van der Waals surface area contributed by atoms with Gasteiger partial charge in [-0.15, -0.1) is 0 Å². The first kappa shape index (κ1) is 15.2. The number of amidine groups is 1. The van der Waals surface area contributed by atoms with Crippen LogP contribution in [0.5, 0.6) is 0 Å². The molecule has 1 heterocycles. The Morgan fingerprint density at radius 2 is 2.37 bits per heavy atom. The highest BCUT2D eigenvalue weighted by Crippen LogP contribution is 2.28. The molecule has 0 atom stereocenters. The third-order valence-corrected chi connectivity index (χ3v) is 3.39. The summed E-state index contributed by atoms with van der Waals surface area (Å²) < 4.78 is 0. The maximum Gasteiger partial charge on any atom is 0.302 e. The van der Waals surface area contributed by atoms with Crippen LogP contribution in [-0.2, 0) is 0 Å². The molecule has 7 nitrogen and oxygen atoms in total. The Kier molecular flexibility index (Phi) is 5.56. The van der Waals surface area contributed by atoms with Gasteiger partial charge in [0.1, 0.15) is 0 Å². The third-order valence-electron chi connectivity index (χ3n) is 2.37. The van der Waals surface area contributed by atoms with Crippen LogP contribution in [0.25, 0.3) is 0 Å². The fourth-order valence-electron chi connectivity index (χ4n) is 1.27. The molecule has 0 spiro atoms. The van der Waals surface area contributed by atoms with Crippen molar-refractivity contribution in [2.24, 2.45) is 16.8 Å². The van der Waals surface area contributed by atoms with E-state index in [2.05, 4.69) is 24.0 Å². The van der Waals surface area contributed by atoms with Crippen LogP contribution in [0.2, 0.25) is 0 Å². The predicted octanol–water partition coefficient (Wildman–Crippen LogP) is 2.22. The molecule has 1 aromatic heterocycles. The molecule has 0 radical (unpaired) electrons. The molecule has 3 N–H and O–H groups in total. The van der Waals surface area contributed by atoms with Crippen LogP contribution in [0.15, 0.2) is 22.4 Å². The molecule has 8 heteroatoms. The van der Waals surface area contributed by atoms with E-state index in [4.69, 9.17) is 10.9 Å². The third kappa shape index (κ3) is 4.40. The summed E-state index contributed by atoms with van der Waals surface area (Å²) in [6.07, 6.45) is 2.31. The Balaban J connectivity index is 2.95. The van der Waals surface area contributed by atoms with Crippen molar-refractivity contribution in [3.63, 3.8) is 0 Å². The van der Waals surface area contributed by atoms with Crippen molar-refractivity contribution in [3.05, 3.63) is 27.9 Å². The maximum absolute atomic E-state index is 11.0. The first-order chi connectivity index (χ1) is 8.95. The smallest absolute Gasteiger partial charge is 0.302 e. The van der Waals surface area contributed by atoms with E-state index >= 15 is 0 Å². The Morgan fingerprint density at radius 1 is 1.68 bits per heavy atom. The number of nitrogens with two attached hydrogens (primary N) is 1. The van der Waals surface area contributed by atoms with Crippen molar-refractivity contribution in [1.29, 1.82) is 0 Å². The minimum absolute atomic E-state index is 0.127. The van der Waals surface area contributed by atoms with Gasteiger partial charge in [0.2, 0.25) is 0 Å². The van der Waals surface area contributed by atoms with Gasteiger partial charge in [-0.3, -0.25) is 10.1 Å². The van der Waals surface area contributed by atoms with Gasteiger partial charge in [0.15, 0.2) is 10.9 Å². The zero-order valence-corrected chi connectivity index (χ0v) is 11.6. The SMILES string of the molecule is CC(C)CCSc1ncc(C(N)=NO)cc1[N+](=O)[O-]. The minimum atomic E-state index is -0.515. The molecule has 0 bridgehead atoms. The molecule has 104 valence electrons. The molecule has 19 heavy (non-hydrogen) atoms. The van der Waals surface area contributed by atoms with Crippen molar-refractivity contribution in [2.45, 2.75) is 25.3 Å². The lowest BCUT2D eigenvalue weighted by Crippen LogP contribution is -2.14. The Labute approximate surface area is 115 Å². The largest absolute Gasteiger partial charge is 0.409 e.